The summed E-state index contributed by atoms with van der Waals surface area (Å²) in [5.74, 6) is -0.586. The SMILES string of the molecule is NC(CC(=O)O)C(=O)NCCCC1CCCC1. The smallest absolute Gasteiger partial charge is 0.305 e. The van der Waals surface area contributed by atoms with Gasteiger partial charge in [0.2, 0.25) is 5.91 Å². The first-order valence-corrected chi connectivity index (χ1v) is 6.34. The normalized spacial score (nSPS) is 17.9. The van der Waals surface area contributed by atoms with Gasteiger partial charge in [-0.1, -0.05) is 25.7 Å². The Morgan fingerprint density at radius 1 is 1.35 bits per heavy atom. The number of amides is 1. The molecule has 1 fully saturated rings. The molecule has 1 rings (SSSR count). The molecule has 5 heteroatoms. The number of nitrogens with two attached hydrogens (primary N) is 1. The summed E-state index contributed by atoms with van der Waals surface area (Å²) in [5.41, 5.74) is 5.43. The molecule has 1 unspecified atom stereocenters. The molecule has 0 saturated heterocycles. The molecule has 5 nitrogen and oxygen atoms in total. The summed E-state index contributed by atoms with van der Waals surface area (Å²) < 4.78 is 0. The maximum absolute atomic E-state index is 11.4. The summed E-state index contributed by atoms with van der Waals surface area (Å²) in [7, 11) is 0. The third-order valence-electron chi connectivity index (χ3n) is 3.29. The van der Waals surface area contributed by atoms with Crippen LogP contribution in [-0.2, 0) is 9.59 Å². The number of hydrogen-bond donors (Lipinski definition) is 3. The first kappa shape index (κ1) is 14.0. The molecule has 98 valence electrons. The van der Waals surface area contributed by atoms with Crippen LogP contribution in [0.4, 0.5) is 0 Å². The molecule has 1 aliphatic rings. The highest BCUT2D eigenvalue weighted by molar-refractivity contribution is 5.85. The number of carbonyl (C=O) groups excluding carboxylic acids is 1. The third kappa shape index (κ3) is 5.68. The van der Waals surface area contributed by atoms with Crippen molar-refractivity contribution in [3.63, 3.8) is 0 Å². The Kier molecular flexibility index (Phi) is 5.97. The number of aliphatic carboxylic acids is 1. The van der Waals surface area contributed by atoms with Gasteiger partial charge in [0.05, 0.1) is 12.5 Å². The van der Waals surface area contributed by atoms with E-state index in [1.807, 2.05) is 0 Å². The van der Waals surface area contributed by atoms with Crippen molar-refractivity contribution in [2.45, 2.75) is 51.0 Å². The van der Waals surface area contributed by atoms with Crippen molar-refractivity contribution in [3.8, 4) is 0 Å². The van der Waals surface area contributed by atoms with Crippen LogP contribution in [0.25, 0.3) is 0 Å². The van der Waals surface area contributed by atoms with Crippen molar-refractivity contribution in [2.75, 3.05) is 6.54 Å². The van der Waals surface area contributed by atoms with Crippen molar-refractivity contribution in [1.29, 1.82) is 0 Å². The Balaban J connectivity index is 2.04. The van der Waals surface area contributed by atoms with Gasteiger partial charge in [-0.25, -0.2) is 0 Å². The van der Waals surface area contributed by atoms with Gasteiger partial charge in [0, 0.05) is 6.54 Å². The summed E-state index contributed by atoms with van der Waals surface area (Å²) in [6.45, 7) is 0.600. The molecule has 0 radical (unpaired) electrons. The zero-order valence-corrected chi connectivity index (χ0v) is 10.2. The van der Waals surface area contributed by atoms with Crippen LogP contribution in [0, 0.1) is 5.92 Å². The predicted molar refractivity (Wildman–Crippen MR) is 64.4 cm³/mol. The molecule has 0 aromatic rings. The number of carboxylic acid groups (broad SMARTS) is 1. The van der Waals surface area contributed by atoms with Crippen molar-refractivity contribution in [2.24, 2.45) is 11.7 Å². The molecule has 17 heavy (non-hydrogen) atoms. The molecule has 0 aromatic heterocycles. The minimum Gasteiger partial charge on any atom is -0.481 e. The maximum atomic E-state index is 11.4. The van der Waals surface area contributed by atoms with Gasteiger partial charge < -0.3 is 16.2 Å². The number of rotatable bonds is 7. The van der Waals surface area contributed by atoms with E-state index in [1.165, 1.54) is 25.7 Å². The molecule has 0 aromatic carbocycles. The van der Waals surface area contributed by atoms with Crippen LogP contribution in [0.3, 0.4) is 0 Å². The van der Waals surface area contributed by atoms with E-state index in [-0.39, 0.29) is 12.3 Å². The first-order valence-electron chi connectivity index (χ1n) is 6.34. The summed E-state index contributed by atoms with van der Waals surface area (Å²) in [6.07, 6.45) is 7.08. The topological polar surface area (TPSA) is 92.4 Å². The Hall–Kier alpha value is -1.10. The molecule has 1 aliphatic carbocycles. The lowest BCUT2D eigenvalue weighted by Crippen LogP contribution is -2.42. The van der Waals surface area contributed by atoms with Crippen LogP contribution < -0.4 is 11.1 Å². The third-order valence-corrected chi connectivity index (χ3v) is 3.29. The first-order chi connectivity index (χ1) is 8.09. The standard InChI is InChI=1S/C12H22N2O3/c13-10(8-11(15)16)12(17)14-7-3-6-9-4-1-2-5-9/h9-10H,1-8,13H2,(H,14,17)(H,15,16). The molecular weight excluding hydrogens is 220 g/mol. The van der Waals surface area contributed by atoms with Gasteiger partial charge in [-0.05, 0) is 18.8 Å². The molecular formula is C12H22N2O3. The van der Waals surface area contributed by atoms with Crippen LogP contribution in [0.2, 0.25) is 0 Å². The van der Waals surface area contributed by atoms with E-state index in [2.05, 4.69) is 5.32 Å². The number of carboxylic acids is 1. The Morgan fingerprint density at radius 3 is 2.59 bits per heavy atom. The van der Waals surface area contributed by atoms with Gasteiger partial charge in [-0.2, -0.15) is 0 Å². The molecule has 1 atom stereocenters. The van der Waals surface area contributed by atoms with Crippen molar-refractivity contribution >= 4 is 11.9 Å². The van der Waals surface area contributed by atoms with Crippen molar-refractivity contribution < 1.29 is 14.7 Å². The summed E-state index contributed by atoms with van der Waals surface area (Å²) in [4.78, 5) is 21.7. The van der Waals surface area contributed by atoms with Crippen LogP contribution in [0.15, 0.2) is 0 Å². The summed E-state index contributed by atoms with van der Waals surface area (Å²) in [5, 5.41) is 11.2. The van der Waals surface area contributed by atoms with Gasteiger partial charge in [0.1, 0.15) is 0 Å². The summed E-state index contributed by atoms with van der Waals surface area (Å²) in [6, 6.07) is -0.931. The maximum Gasteiger partial charge on any atom is 0.305 e. The fraction of sp³-hybridized carbons (Fsp3) is 0.833. The van der Waals surface area contributed by atoms with E-state index < -0.39 is 12.0 Å². The van der Waals surface area contributed by atoms with Gasteiger partial charge in [0.15, 0.2) is 0 Å². The van der Waals surface area contributed by atoms with Crippen molar-refractivity contribution in [1.82, 2.24) is 5.32 Å². The van der Waals surface area contributed by atoms with Crippen LogP contribution in [0.5, 0.6) is 0 Å². The van der Waals surface area contributed by atoms with Crippen molar-refractivity contribution in [3.05, 3.63) is 0 Å². The van der Waals surface area contributed by atoms with Crippen LogP contribution in [-0.4, -0.2) is 29.6 Å². The van der Waals surface area contributed by atoms with Gasteiger partial charge in [-0.15, -0.1) is 0 Å². The van der Waals surface area contributed by atoms with Crippen LogP contribution >= 0.6 is 0 Å². The number of carbonyl (C=O) groups is 2. The van der Waals surface area contributed by atoms with E-state index in [0.29, 0.717) is 6.54 Å². The van der Waals surface area contributed by atoms with E-state index in [0.717, 1.165) is 18.8 Å². The second-order valence-corrected chi connectivity index (χ2v) is 4.79. The monoisotopic (exact) mass is 242 g/mol. The minimum atomic E-state index is -1.04. The number of nitrogens with one attached hydrogen (secondary N) is 1. The average molecular weight is 242 g/mol. The molecule has 1 saturated carbocycles. The highest BCUT2D eigenvalue weighted by Crippen LogP contribution is 2.28. The molecule has 1 amide bonds. The second kappa shape index (κ2) is 7.27. The van der Waals surface area contributed by atoms with E-state index >= 15 is 0 Å². The van der Waals surface area contributed by atoms with E-state index in [4.69, 9.17) is 10.8 Å². The Labute approximate surface area is 102 Å². The zero-order chi connectivity index (χ0) is 12.7. The highest BCUT2D eigenvalue weighted by atomic mass is 16.4. The van der Waals surface area contributed by atoms with E-state index in [1.54, 1.807) is 0 Å². The summed E-state index contributed by atoms with van der Waals surface area (Å²) >= 11 is 0. The number of hydrogen-bond acceptors (Lipinski definition) is 3. The van der Waals surface area contributed by atoms with Crippen LogP contribution in [0.1, 0.15) is 44.9 Å². The molecule has 0 heterocycles. The fourth-order valence-electron chi connectivity index (χ4n) is 2.31. The predicted octanol–water partition coefficient (Wildman–Crippen LogP) is 0.875. The highest BCUT2D eigenvalue weighted by Gasteiger charge is 2.17. The Morgan fingerprint density at radius 2 is 2.00 bits per heavy atom. The quantitative estimate of drug-likeness (QED) is 0.578. The average Bonchev–Trinajstić information content (AvgIpc) is 2.75. The minimum absolute atomic E-state index is 0.311. The van der Waals surface area contributed by atoms with Gasteiger partial charge in [0.25, 0.3) is 0 Å². The lowest BCUT2D eigenvalue weighted by Gasteiger charge is -2.11. The molecule has 4 N–H and O–H groups in total. The molecule has 0 aliphatic heterocycles. The largest absolute Gasteiger partial charge is 0.481 e. The van der Waals surface area contributed by atoms with Gasteiger partial charge >= 0.3 is 5.97 Å². The lowest BCUT2D eigenvalue weighted by atomic mass is 10.0. The van der Waals surface area contributed by atoms with Gasteiger partial charge in [-0.3, -0.25) is 9.59 Å². The second-order valence-electron chi connectivity index (χ2n) is 4.79. The molecule has 0 spiro atoms. The Bertz CT molecular complexity index is 262. The lowest BCUT2D eigenvalue weighted by molar-refractivity contribution is -0.139. The fourth-order valence-corrected chi connectivity index (χ4v) is 2.31. The van der Waals surface area contributed by atoms with E-state index in [9.17, 15) is 9.59 Å². The molecule has 0 bridgehead atoms. The zero-order valence-electron chi connectivity index (χ0n) is 10.2.